The fraction of sp³-hybridized carbons (Fsp3) is 0.320. The molecule has 4 nitrogen and oxygen atoms in total. The number of esters is 1. The SMILES string of the molecule is CCCCCc1ccc(-c2ncc(-c3ccc(OC(=O)CCC)cc3)cn2)cc1. The summed E-state index contributed by atoms with van der Waals surface area (Å²) in [5, 5.41) is 0. The molecule has 1 aromatic heterocycles. The predicted octanol–water partition coefficient (Wildman–Crippen LogP) is 6.25. The normalized spacial score (nSPS) is 10.7. The van der Waals surface area contributed by atoms with Crippen molar-refractivity contribution in [3.63, 3.8) is 0 Å². The number of unbranched alkanes of at least 4 members (excludes halogenated alkanes) is 2. The minimum atomic E-state index is -0.204. The molecule has 0 bridgehead atoms. The van der Waals surface area contributed by atoms with E-state index >= 15 is 0 Å². The van der Waals surface area contributed by atoms with Crippen LogP contribution in [-0.2, 0) is 11.2 Å². The Bertz CT molecular complexity index is 901. The molecule has 1 heterocycles. The first-order valence-electron chi connectivity index (χ1n) is 10.4. The molecule has 0 radical (unpaired) electrons. The molecule has 0 N–H and O–H groups in total. The number of hydrogen-bond acceptors (Lipinski definition) is 4. The average molecular weight is 389 g/mol. The molecular formula is C25H28N2O2. The van der Waals surface area contributed by atoms with E-state index in [1.165, 1.54) is 24.8 Å². The van der Waals surface area contributed by atoms with Gasteiger partial charge in [-0.15, -0.1) is 0 Å². The summed E-state index contributed by atoms with van der Waals surface area (Å²) in [6, 6.07) is 15.9. The fourth-order valence-electron chi connectivity index (χ4n) is 3.13. The highest BCUT2D eigenvalue weighted by Gasteiger charge is 2.06. The summed E-state index contributed by atoms with van der Waals surface area (Å²) in [5.41, 5.74) is 4.29. The van der Waals surface area contributed by atoms with Crippen LogP contribution in [0.5, 0.6) is 5.75 Å². The molecule has 29 heavy (non-hydrogen) atoms. The minimum absolute atomic E-state index is 0.204. The van der Waals surface area contributed by atoms with Gasteiger partial charge in [0.25, 0.3) is 0 Å². The molecule has 0 saturated carbocycles. The smallest absolute Gasteiger partial charge is 0.311 e. The molecule has 0 aliphatic heterocycles. The van der Waals surface area contributed by atoms with Crippen molar-refractivity contribution in [2.24, 2.45) is 0 Å². The van der Waals surface area contributed by atoms with E-state index in [-0.39, 0.29) is 5.97 Å². The van der Waals surface area contributed by atoms with Gasteiger partial charge in [0.15, 0.2) is 5.82 Å². The second-order valence-corrected chi connectivity index (χ2v) is 7.20. The highest BCUT2D eigenvalue weighted by Crippen LogP contribution is 2.23. The number of hydrogen-bond donors (Lipinski definition) is 0. The zero-order valence-corrected chi connectivity index (χ0v) is 17.2. The summed E-state index contributed by atoms with van der Waals surface area (Å²) < 4.78 is 5.29. The second-order valence-electron chi connectivity index (χ2n) is 7.20. The number of carbonyl (C=O) groups excluding carboxylic acids is 1. The molecule has 3 aromatic rings. The first kappa shape index (κ1) is 20.7. The van der Waals surface area contributed by atoms with Crippen LogP contribution in [0.25, 0.3) is 22.5 Å². The van der Waals surface area contributed by atoms with Crippen LogP contribution in [0.3, 0.4) is 0 Å². The maximum absolute atomic E-state index is 11.6. The molecule has 0 saturated heterocycles. The molecule has 4 heteroatoms. The summed E-state index contributed by atoms with van der Waals surface area (Å²) in [6.07, 6.45) is 9.74. The molecular weight excluding hydrogens is 360 g/mol. The zero-order chi connectivity index (χ0) is 20.5. The van der Waals surface area contributed by atoms with E-state index in [0.717, 1.165) is 35.4 Å². The van der Waals surface area contributed by atoms with Gasteiger partial charge in [-0.1, -0.05) is 63.1 Å². The number of nitrogens with zero attached hydrogens (tertiary/aromatic N) is 2. The van der Waals surface area contributed by atoms with E-state index in [2.05, 4.69) is 41.2 Å². The Morgan fingerprint density at radius 2 is 1.45 bits per heavy atom. The van der Waals surface area contributed by atoms with E-state index in [4.69, 9.17) is 4.74 Å². The standard InChI is InChI=1S/C25H28N2O2/c1-3-5-6-8-19-9-11-21(12-10-19)25-26-17-22(18-27-25)20-13-15-23(16-14-20)29-24(28)7-4-2/h9-18H,3-8H2,1-2H3. The van der Waals surface area contributed by atoms with Gasteiger partial charge in [0, 0.05) is 29.9 Å². The van der Waals surface area contributed by atoms with Crippen molar-refractivity contribution in [1.29, 1.82) is 0 Å². The molecule has 0 atom stereocenters. The largest absolute Gasteiger partial charge is 0.427 e. The van der Waals surface area contributed by atoms with Crippen LogP contribution in [0.15, 0.2) is 60.9 Å². The quantitative estimate of drug-likeness (QED) is 0.247. The van der Waals surface area contributed by atoms with E-state index in [0.29, 0.717) is 12.2 Å². The van der Waals surface area contributed by atoms with E-state index in [1.807, 2.05) is 31.5 Å². The Hall–Kier alpha value is -3.01. The van der Waals surface area contributed by atoms with Crippen LogP contribution in [0, 0.1) is 0 Å². The van der Waals surface area contributed by atoms with Crippen LogP contribution in [0.4, 0.5) is 0 Å². The molecule has 0 unspecified atom stereocenters. The van der Waals surface area contributed by atoms with Gasteiger partial charge >= 0.3 is 5.97 Å². The third-order valence-corrected chi connectivity index (χ3v) is 4.81. The van der Waals surface area contributed by atoms with E-state index < -0.39 is 0 Å². The van der Waals surface area contributed by atoms with Crippen LogP contribution in [-0.4, -0.2) is 15.9 Å². The van der Waals surface area contributed by atoms with Gasteiger partial charge in [0.05, 0.1) is 0 Å². The number of aromatic nitrogens is 2. The fourth-order valence-corrected chi connectivity index (χ4v) is 3.13. The highest BCUT2D eigenvalue weighted by atomic mass is 16.5. The Labute approximate surface area is 173 Å². The summed E-state index contributed by atoms with van der Waals surface area (Å²) in [7, 11) is 0. The average Bonchev–Trinajstić information content (AvgIpc) is 2.75. The van der Waals surface area contributed by atoms with Gasteiger partial charge in [0.1, 0.15) is 5.75 Å². The lowest BCUT2D eigenvalue weighted by Crippen LogP contribution is -2.06. The first-order valence-corrected chi connectivity index (χ1v) is 10.4. The lowest BCUT2D eigenvalue weighted by atomic mass is 10.0. The van der Waals surface area contributed by atoms with Gasteiger partial charge in [-0.05, 0) is 42.5 Å². The Morgan fingerprint density at radius 3 is 2.07 bits per heavy atom. The van der Waals surface area contributed by atoms with E-state index in [9.17, 15) is 4.79 Å². The second kappa shape index (κ2) is 10.5. The minimum Gasteiger partial charge on any atom is -0.427 e. The predicted molar refractivity (Wildman–Crippen MR) is 117 cm³/mol. The molecule has 0 aliphatic carbocycles. The van der Waals surface area contributed by atoms with Crippen LogP contribution in [0.2, 0.25) is 0 Å². The summed E-state index contributed by atoms with van der Waals surface area (Å²) in [4.78, 5) is 20.6. The lowest BCUT2D eigenvalue weighted by molar-refractivity contribution is -0.134. The molecule has 0 spiro atoms. The van der Waals surface area contributed by atoms with Crippen molar-refractivity contribution in [2.75, 3.05) is 0 Å². The summed E-state index contributed by atoms with van der Waals surface area (Å²) in [5.74, 6) is 1.08. The highest BCUT2D eigenvalue weighted by molar-refractivity contribution is 5.73. The van der Waals surface area contributed by atoms with Crippen molar-refractivity contribution in [2.45, 2.75) is 52.4 Å². The van der Waals surface area contributed by atoms with Crippen LogP contribution < -0.4 is 4.74 Å². The van der Waals surface area contributed by atoms with Crippen molar-refractivity contribution < 1.29 is 9.53 Å². The maximum atomic E-state index is 11.6. The molecule has 2 aromatic carbocycles. The van der Waals surface area contributed by atoms with Gasteiger partial charge in [0.2, 0.25) is 0 Å². The Kier molecular flexibility index (Phi) is 7.51. The number of ether oxygens (including phenoxy) is 1. The Morgan fingerprint density at radius 1 is 0.793 bits per heavy atom. The summed E-state index contributed by atoms with van der Waals surface area (Å²) in [6.45, 7) is 4.18. The molecule has 3 rings (SSSR count). The van der Waals surface area contributed by atoms with Crippen molar-refractivity contribution in [1.82, 2.24) is 9.97 Å². The van der Waals surface area contributed by atoms with Crippen molar-refractivity contribution in [3.05, 3.63) is 66.5 Å². The van der Waals surface area contributed by atoms with Gasteiger partial charge < -0.3 is 4.74 Å². The van der Waals surface area contributed by atoms with Crippen LogP contribution in [0.1, 0.15) is 51.5 Å². The monoisotopic (exact) mass is 388 g/mol. The van der Waals surface area contributed by atoms with Crippen LogP contribution >= 0.6 is 0 Å². The lowest BCUT2D eigenvalue weighted by Gasteiger charge is -2.07. The third kappa shape index (κ3) is 5.98. The summed E-state index contributed by atoms with van der Waals surface area (Å²) >= 11 is 0. The number of benzene rings is 2. The van der Waals surface area contributed by atoms with Crippen molar-refractivity contribution in [3.8, 4) is 28.3 Å². The Balaban J connectivity index is 1.64. The van der Waals surface area contributed by atoms with Gasteiger partial charge in [-0.2, -0.15) is 0 Å². The maximum Gasteiger partial charge on any atom is 0.311 e. The third-order valence-electron chi connectivity index (χ3n) is 4.81. The number of rotatable bonds is 9. The molecule has 0 fully saturated rings. The first-order chi connectivity index (χ1) is 14.2. The van der Waals surface area contributed by atoms with E-state index in [1.54, 1.807) is 12.1 Å². The number of aryl methyl sites for hydroxylation is 1. The molecule has 0 aliphatic rings. The van der Waals surface area contributed by atoms with Crippen molar-refractivity contribution >= 4 is 5.97 Å². The van der Waals surface area contributed by atoms with Gasteiger partial charge in [-0.3, -0.25) is 4.79 Å². The van der Waals surface area contributed by atoms with Gasteiger partial charge in [-0.25, -0.2) is 9.97 Å². The molecule has 150 valence electrons. The topological polar surface area (TPSA) is 52.1 Å². The number of carbonyl (C=O) groups is 1. The zero-order valence-electron chi connectivity index (χ0n) is 17.2. The molecule has 0 amide bonds.